The predicted molar refractivity (Wildman–Crippen MR) is 51.2 cm³/mol. The Morgan fingerprint density at radius 1 is 1.29 bits per heavy atom. The minimum atomic E-state index is -0.434. The lowest BCUT2D eigenvalue weighted by Gasteiger charge is -2.24. The van der Waals surface area contributed by atoms with Crippen LogP contribution in [0.3, 0.4) is 0 Å². The number of nitrogens with one attached hydrogen (secondary N) is 1. The molecule has 0 saturated carbocycles. The Balaban J connectivity index is 2.49. The van der Waals surface area contributed by atoms with Gasteiger partial charge in [-0.3, -0.25) is 0 Å². The zero-order valence-corrected chi connectivity index (χ0v) is 8.11. The second-order valence-corrected chi connectivity index (χ2v) is 4.08. The van der Waals surface area contributed by atoms with Crippen LogP contribution in [-0.4, -0.2) is 13.1 Å². The minimum Gasteiger partial charge on any atom is -0.316 e. The van der Waals surface area contributed by atoms with Crippen molar-refractivity contribution >= 4 is 0 Å². The van der Waals surface area contributed by atoms with E-state index in [0.29, 0.717) is 6.54 Å². The average molecular weight is 197 g/mol. The smallest absolute Gasteiger partial charge is 0.129 e. The Morgan fingerprint density at radius 2 is 1.93 bits per heavy atom. The molecule has 14 heavy (non-hydrogen) atoms. The summed E-state index contributed by atoms with van der Waals surface area (Å²) in [5, 5.41) is 3.13. The van der Waals surface area contributed by atoms with Crippen LogP contribution >= 0.6 is 0 Å². The van der Waals surface area contributed by atoms with Crippen LogP contribution < -0.4 is 5.32 Å². The molecule has 1 aromatic carbocycles. The van der Waals surface area contributed by atoms with Crippen molar-refractivity contribution in [3.63, 3.8) is 0 Å². The third kappa shape index (κ3) is 1.42. The third-order valence-electron chi connectivity index (χ3n) is 2.94. The van der Waals surface area contributed by atoms with Gasteiger partial charge in [-0.1, -0.05) is 13.0 Å². The molecule has 1 heterocycles. The molecule has 0 radical (unpaired) electrons. The molecule has 1 unspecified atom stereocenters. The number of hydrogen-bond acceptors (Lipinski definition) is 1. The molecule has 76 valence electrons. The molecule has 1 N–H and O–H groups in total. The monoisotopic (exact) mass is 197 g/mol. The van der Waals surface area contributed by atoms with Crippen molar-refractivity contribution in [2.24, 2.45) is 0 Å². The highest BCUT2D eigenvalue weighted by Crippen LogP contribution is 2.33. The number of halogens is 2. The van der Waals surface area contributed by atoms with E-state index in [0.717, 1.165) is 13.0 Å². The van der Waals surface area contributed by atoms with Gasteiger partial charge in [-0.05, 0) is 25.1 Å². The normalized spacial score (nSPS) is 26.8. The molecule has 1 saturated heterocycles. The third-order valence-corrected chi connectivity index (χ3v) is 2.94. The zero-order chi connectivity index (χ0) is 10.2. The molecule has 1 aromatic rings. The quantitative estimate of drug-likeness (QED) is 0.727. The van der Waals surface area contributed by atoms with Crippen LogP contribution in [-0.2, 0) is 5.41 Å². The van der Waals surface area contributed by atoms with E-state index in [9.17, 15) is 8.78 Å². The first-order valence-electron chi connectivity index (χ1n) is 4.79. The van der Waals surface area contributed by atoms with Crippen molar-refractivity contribution in [3.05, 3.63) is 35.4 Å². The maximum atomic E-state index is 13.5. The average Bonchev–Trinajstić information content (AvgIpc) is 2.52. The first-order chi connectivity index (χ1) is 6.63. The van der Waals surface area contributed by atoms with Crippen molar-refractivity contribution in [1.82, 2.24) is 5.32 Å². The zero-order valence-electron chi connectivity index (χ0n) is 8.11. The molecule has 0 spiro atoms. The summed E-state index contributed by atoms with van der Waals surface area (Å²) in [5.74, 6) is -0.868. The highest BCUT2D eigenvalue weighted by atomic mass is 19.1. The lowest BCUT2D eigenvalue weighted by Crippen LogP contribution is -2.27. The first kappa shape index (κ1) is 9.59. The second-order valence-electron chi connectivity index (χ2n) is 4.08. The molecule has 2 rings (SSSR count). The summed E-state index contributed by atoms with van der Waals surface area (Å²) in [6.07, 6.45) is 0.783. The molecular weight excluding hydrogens is 184 g/mol. The number of rotatable bonds is 1. The van der Waals surface area contributed by atoms with E-state index in [1.54, 1.807) is 0 Å². The molecule has 1 fully saturated rings. The molecule has 0 amide bonds. The van der Waals surface area contributed by atoms with Gasteiger partial charge in [0.05, 0.1) is 0 Å². The van der Waals surface area contributed by atoms with Crippen molar-refractivity contribution in [2.45, 2.75) is 18.8 Å². The van der Waals surface area contributed by atoms with E-state index in [-0.39, 0.29) is 5.56 Å². The van der Waals surface area contributed by atoms with Crippen molar-refractivity contribution in [3.8, 4) is 0 Å². The second kappa shape index (κ2) is 3.31. The maximum absolute atomic E-state index is 13.5. The van der Waals surface area contributed by atoms with Crippen molar-refractivity contribution in [1.29, 1.82) is 0 Å². The van der Waals surface area contributed by atoms with E-state index < -0.39 is 17.0 Å². The predicted octanol–water partition coefficient (Wildman–Crippen LogP) is 2.22. The highest BCUT2D eigenvalue weighted by Gasteiger charge is 2.35. The molecule has 3 heteroatoms. The topological polar surface area (TPSA) is 12.0 Å². The van der Waals surface area contributed by atoms with Crippen LogP contribution in [0, 0.1) is 11.6 Å². The number of hydrogen-bond donors (Lipinski definition) is 1. The summed E-state index contributed by atoms with van der Waals surface area (Å²) in [5.41, 5.74) is -0.167. The lowest BCUT2D eigenvalue weighted by molar-refractivity contribution is 0.445. The van der Waals surface area contributed by atoms with Crippen LogP contribution in [0.5, 0.6) is 0 Å². The molecule has 0 aliphatic carbocycles. The summed E-state index contributed by atoms with van der Waals surface area (Å²) >= 11 is 0. The van der Waals surface area contributed by atoms with Crippen molar-refractivity contribution < 1.29 is 8.78 Å². The van der Waals surface area contributed by atoms with Crippen molar-refractivity contribution in [2.75, 3.05) is 13.1 Å². The van der Waals surface area contributed by atoms with Gasteiger partial charge in [0.15, 0.2) is 0 Å². The summed E-state index contributed by atoms with van der Waals surface area (Å²) in [6.45, 7) is 3.36. The van der Waals surface area contributed by atoms with Crippen LogP contribution in [0.4, 0.5) is 8.78 Å². The van der Waals surface area contributed by atoms with Gasteiger partial charge in [-0.15, -0.1) is 0 Å². The van der Waals surface area contributed by atoms with Gasteiger partial charge in [0.2, 0.25) is 0 Å². The molecule has 0 aromatic heterocycles. The standard InChI is InChI=1S/C11H13F2N/c1-11(5-6-14-7-11)10-8(12)3-2-4-9(10)13/h2-4,14H,5-7H2,1H3. The molecule has 1 aliphatic rings. The number of benzene rings is 1. The van der Waals surface area contributed by atoms with Gasteiger partial charge >= 0.3 is 0 Å². The SMILES string of the molecule is CC1(c2c(F)cccc2F)CCNC1. The van der Waals surface area contributed by atoms with Gasteiger partial charge < -0.3 is 5.32 Å². The Kier molecular flexibility index (Phi) is 2.27. The Bertz CT molecular complexity index is 323. The Hall–Kier alpha value is -0.960. The lowest BCUT2D eigenvalue weighted by atomic mass is 9.81. The maximum Gasteiger partial charge on any atom is 0.129 e. The molecule has 0 bridgehead atoms. The Morgan fingerprint density at radius 3 is 2.43 bits per heavy atom. The van der Waals surface area contributed by atoms with Crippen LogP contribution in [0.15, 0.2) is 18.2 Å². The molecule has 1 aliphatic heterocycles. The molecule has 1 atom stereocenters. The highest BCUT2D eigenvalue weighted by molar-refractivity contribution is 5.29. The molecule has 1 nitrogen and oxygen atoms in total. The van der Waals surface area contributed by atoms with Crippen LogP contribution in [0.2, 0.25) is 0 Å². The van der Waals surface area contributed by atoms with E-state index in [1.165, 1.54) is 18.2 Å². The largest absolute Gasteiger partial charge is 0.316 e. The minimum absolute atomic E-state index is 0.227. The van der Waals surface area contributed by atoms with E-state index >= 15 is 0 Å². The van der Waals surface area contributed by atoms with E-state index in [1.807, 2.05) is 6.92 Å². The van der Waals surface area contributed by atoms with Gasteiger partial charge in [-0.25, -0.2) is 8.78 Å². The summed E-state index contributed by atoms with van der Waals surface area (Å²) < 4.78 is 27.0. The van der Waals surface area contributed by atoms with Gasteiger partial charge in [0.25, 0.3) is 0 Å². The van der Waals surface area contributed by atoms with E-state index in [2.05, 4.69) is 5.32 Å². The van der Waals surface area contributed by atoms with Gasteiger partial charge in [0.1, 0.15) is 11.6 Å². The fraction of sp³-hybridized carbons (Fsp3) is 0.455. The van der Waals surface area contributed by atoms with Gasteiger partial charge in [0, 0.05) is 17.5 Å². The summed E-state index contributed by atoms with van der Waals surface area (Å²) in [4.78, 5) is 0. The first-order valence-corrected chi connectivity index (χ1v) is 4.79. The fourth-order valence-corrected chi connectivity index (χ4v) is 2.10. The van der Waals surface area contributed by atoms with E-state index in [4.69, 9.17) is 0 Å². The summed E-state index contributed by atoms with van der Waals surface area (Å²) in [7, 11) is 0. The van der Waals surface area contributed by atoms with Gasteiger partial charge in [-0.2, -0.15) is 0 Å². The van der Waals surface area contributed by atoms with Crippen LogP contribution in [0.25, 0.3) is 0 Å². The van der Waals surface area contributed by atoms with Crippen LogP contribution in [0.1, 0.15) is 18.9 Å². The Labute approximate surface area is 82.1 Å². The summed E-state index contributed by atoms with van der Waals surface area (Å²) in [6, 6.07) is 4.05. The molecular formula is C11H13F2N. The fourth-order valence-electron chi connectivity index (χ4n) is 2.10.